The van der Waals surface area contributed by atoms with Crippen LogP contribution >= 0.6 is 0 Å². The number of rotatable bonds is 6. The van der Waals surface area contributed by atoms with E-state index in [4.69, 9.17) is 4.18 Å². The first-order chi connectivity index (χ1) is 10.4. The highest BCUT2D eigenvalue weighted by Gasteiger charge is 2.14. The smallest absolute Gasteiger partial charge is 0.296 e. The van der Waals surface area contributed by atoms with Crippen molar-refractivity contribution in [3.8, 4) is 0 Å². The molecule has 0 fully saturated rings. The largest absolute Gasteiger partial charge is 0.389 e. The molecule has 0 radical (unpaired) electrons. The van der Waals surface area contributed by atoms with E-state index in [0.29, 0.717) is 6.42 Å². The second-order valence-corrected chi connectivity index (χ2v) is 6.87. The molecule has 0 heterocycles. The molecule has 5 heteroatoms. The summed E-state index contributed by atoms with van der Waals surface area (Å²) in [6, 6.07) is 14.0. The predicted molar refractivity (Wildman–Crippen MR) is 85.1 cm³/mol. The van der Waals surface area contributed by atoms with E-state index in [1.54, 1.807) is 31.2 Å². The topological polar surface area (TPSA) is 63.6 Å². The molecule has 2 rings (SSSR count). The van der Waals surface area contributed by atoms with Crippen molar-refractivity contribution in [3.63, 3.8) is 0 Å². The summed E-state index contributed by atoms with van der Waals surface area (Å²) in [4.78, 5) is 0.169. The highest BCUT2D eigenvalue weighted by Crippen LogP contribution is 2.15. The summed E-state index contributed by atoms with van der Waals surface area (Å²) in [5.41, 5.74) is 2.79. The Labute approximate surface area is 131 Å². The van der Waals surface area contributed by atoms with Gasteiger partial charge in [0, 0.05) is 0 Å². The standard InChI is InChI=1S/C17H20O4S/c1-13-3-9-17(10-4-13)22(19,20)21-12-11-15-5-7-16(8-6-15)14(2)18/h3-10,14,18H,11-12H2,1-2H3. The zero-order valence-electron chi connectivity index (χ0n) is 12.7. The molecule has 0 aliphatic heterocycles. The fourth-order valence-electron chi connectivity index (χ4n) is 2.01. The molecule has 1 unspecified atom stereocenters. The first kappa shape index (κ1) is 16.7. The van der Waals surface area contributed by atoms with Crippen LogP contribution in [0.5, 0.6) is 0 Å². The van der Waals surface area contributed by atoms with Crippen molar-refractivity contribution in [3.05, 3.63) is 65.2 Å². The Morgan fingerprint density at radius 2 is 1.64 bits per heavy atom. The Balaban J connectivity index is 1.93. The highest BCUT2D eigenvalue weighted by molar-refractivity contribution is 7.86. The Morgan fingerprint density at radius 3 is 2.18 bits per heavy atom. The third-order valence-electron chi connectivity index (χ3n) is 3.40. The lowest BCUT2D eigenvalue weighted by Gasteiger charge is -2.08. The van der Waals surface area contributed by atoms with Crippen LogP contribution < -0.4 is 0 Å². The van der Waals surface area contributed by atoms with Crippen LogP contribution in [0.2, 0.25) is 0 Å². The molecule has 0 saturated heterocycles. The van der Waals surface area contributed by atoms with E-state index in [1.165, 1.54) is 0 Å². The molecule has 0 aromatic heterocycles. The van der Waals surface area contributed by atoms with E-state index in [9.17, 15) is 13.5 Å². The minimum atomic E-state index is -3.71. The van der Waals surface area contributed by atoms with Crippen molar-refractivity contribution in [2.45, 2.75) is 31.3 Å². The van der Waals surface area contributed by atoms with Crippen LogP contribution in [0.3, 0.4) is 0 Å². The predicted octanol–water partition coefficient (Wildman–Crippen LogP) is 3.00. The van der Waals surface area contributed by atoms with Crippen molar-refractivity contribution in [2.24, 2.45) is 0 Å². The van der Waals surface area contributed by atoms with Crippen LogP contribution in [0.4, 0.5) is 0 Å². The number of aryl methyl sites for hydroxylation is 1. The van der Waals surface area contributed by atoms with Gasteiger partial charge in [0.2, 0.25) is 0 Å². The van der Waals surface area contributed by atoms with Crippen LogP contribution in [-0.2, 0) is 20.7 Å². The molecule has 0 bridgehead atoms. The average Bonchev–Trinajstić information content (AvgIpc) is 2.48. The normalized spacial score (nSPS) is 13.0. The number of aliphatic hydroxyl groups is 1. The van der Waals surface area contributed by atoms with Gasteiger partial charge in [0.1, 0.15) is 0 Å². The Hall–Kier alpha value is -1.69. The zero-order valence-corrected chi connectivity index (χ0v) is 13.5. The maximum Gasteiger partial charge on any atom is 0.296 e. The van der Waals surface area contributed by atoms with Crippen molar-refractivity contribution in [2.75, 3.05) is 6.61 Å². The monoisotopic (exact) mass is 320 g/mol. The Kier molecular flexibility index (Phi) is 5.34. The molecule has 4 nitrogen and oxygen atoms in total. The summed E-state index contributed by atoms with van der Waals surface area (Å²) in [5, 5.41) is 9.44. The molecular formula is C17H20O4S. The molecule has 0 aliphatic carbocycles. The second-order valence-electron chi connectivity index (χ2n) is 5.26. The maximum atomic E-state index is 12.0. The number of benzene rings is 2. The number of aliphatic hydroxyl groups excluding tert-OH is 1. The third-order valence-corrected chi connectivity index (χ3v) is 4.73. The molecule has 0 saturated carbocycles. The van der Waals surface area contributed by atoms with Crippen LogP contribution in [-0.4, -0.2) is 20.1 Å². The molecule has 2 aromatic rings. The van der Waals surface area contributed by atoms with Gasteiger partial charge in [-0.1, -0.05) is 42.0 Å². The summed E-state index contributed by atoms with van der Waals surface area (Å²) in [6.07, 6.45) is -0.0160. The van der Waals surface area contributed by atoms with E-state index < -0.39 is 16.2 Å². The number of hydrogen-bond donors (Lipinski definition) is 1. The molecule has 118 valence electrons. The van der Waals surface area contributed by atoms with Gasteiger partial charge in [-0.05, 0) is 43.5 Å². The summed E-state index contributed by atoms with van der Waals surface area (Å²) in [6.45, 7) is 3.69. The van der Waals surface area contributed by atoms with Gasteiger partial charge in [-0.3, -0.25) is 4.18 Å². The minimum Gasteiger partial charge on any atom is -0.389 e. The van der Waals surface area contributed by atoms with E-state index in [1.807, 2.05) is 31.2 Å². The fourth-order valence-corrected chi connectivity index (χ4v) is 2.91. The molecular weight excluding hydrogens is 300 g/mol. The lowest BCUT2D eigenvalue weighted by atomic mass is 10.1. The maximum absolute atomic E-state index is 12.0. The van der Waals surface area contributed by atoms with E-state index in [0.717, 1.165) is 16.7 Å². The quantitative estimate of drug-likeness (QED) is 0.831. The van der Waals surface area contributed by atoms with Crippen LogP contribution in [0, 0.1) is 6.92 Å². The molecule has 1 atom stereocenters. The Morgan fingerprint density at radius 1 is 1.05 bits per heavy atom. The van der Waals surface area contributed by atoms with Crippen molar-refractivity contribution in [1.29, 1.82) is 0 Å². The van der Waals surface area contributed by atoms with Gasteiger partial charge in [-0.15, -0.1) is 0 Å². The third kappa shape index (κ3) is 4.40. The lowest BCUT2D eigenvalue weighted by molar-refractivity contribution is 0.199. The van der Waals surface area contributed by atoms with E-state index in [-0.39, 0.29) is 11.5 Å². The van der Waals surface area contributed by atoms with E-state index in [2.05, 4.69) is 0 Å². The number of hydrogen-bond acceptors (Lipinski definition) is 4. The van der Waals surface area contributed by atoms with Crippen molar-refractivity contribution in [1.82, 2.24) is 0 Å². The van der Waals surface area contributed by atoms with E-state index >= 15 is 0 Å². The van der Waals surface area contributed by atoms with Gasteiger partial charge in [0.25, 0.3) is 10.1 Å². The molecule has 2 aromatic carbocycles. The van der Waals surface area contributed by atoms with Gasteiger partial charge in [-0.25, -0.2) is 0 Å². The average molecular weight is 320 g/mol. The molecule has 1 N–H and O–H groups in total. The second kappa shape index (κ2) is 7.05. The summed E-state index contributed by atoms with van der Waals surface area (Å²) in [7, 11) is -3.71. The fraction of sp³-hybridized carbons (Fsp3) is 0.294. The van der Waals surface area contributed by atoms with Crippen LogP contribution in [0.15, 0.2) is 53.4 Å². The first-order valence-corrected chi connectivity index (χ1v) is 8.52. The summed E-state index contributed by atoms with van der Waals surface area (Å²) < 4.78 is 29.1. The van der Waals surface area contributed by atoms with Crippen molar-refractivity contribution < 1.29 is 17.7 Å². The molecule has 0 amide bonds. The van der Waals surface area contributed by atoms with Gasteiger partial charge in [-0.2, -0.15) is 8.42 Å². The lowest BCUT2D eigenvalue weighted by Crippen LogP contribution is -2.09. The van der Waals surface area contributed by atoms with Gasteiger partial charge in [0.05, 0.1) is 17.6 Å². The van der Waals surface area contributed by atoms with Gasteiger partial charge >= 0.3 is 0 Å². The SMILES string of the molecule is Cc1ccc(S(=O)(=O)OCCc2ccc(C(C)O)cc2)cc1. The zero-order chi connectivity index (χ0) is 16.2. The Bertz CT molecular complexity index is 701. The minimum absolute atomic E-state index is 0.0875. The van der Waals surface area contributed by atoms with Crippen molar-refractivity contribution >= 4 is 10.1 Å². The van der Waals surface area contributed by atoms with Gasteiger partial charge in [0.15, 0.2) is 0 Å². The molecule has 0 spiro atoms. The highest BCUT2D eigenvalue weighted by atomic mass is 32.2. The molecule has 0 aliphatic rings. The molecule has 22 heavy (non-hydrogen) atoms. The first-order valence-electron chi connectivity index (χ1n) is 7.11. The van der Waals surface area contributed by atoms with Crippen LogP contribution in [0.1, 0.15) is 29.7 Å². The summed E-state index contributed by atoms with van der Waals surface area (Å²) >= 11 is 0. The summed E-state index contributed by atoms with van der Waals surface area (Å²) in [5.74, 6) is 0. The van der Waals surface area contributed by atoms with Crippen LogP contribution in [0.25, 0.3) is 0 Å². The van der Waals surface area contributed by atoms with Gasteiger partial charge < -0.3 is 5.11 Å².